The normalized spacial score (nSPS) is 31.9. The smallest absolute Gasteiger partial charge is 0.178 e. The summed E-state index contributed by atoms with van der Waals surface area (Å²) in [7, 11) is 0. The first-order chi connectivity index (χ1) is 6.79. The molecule has 82 valence electrons. The largest absolute Gasteiger partial charge is 0.347 e. The molecule has 14 heavy (non-hydrogen) atoms. The van der Waals surface area contributed by atoms with E-state index in [-0.39, 0.29) is 5.79 Å². The summed E-state index contributed by atoms with van der Waals surface area (Å²) in [5, 5.41) is 3.53. The molecule has 0 amide bonds. The number of hydrogen-bond acceptors (Lipinski definition) is 4. The molecular formula is C10H19NO2S. The zero-order chi connectivity index (χ0) is 9.86. The number of nitrogens with one attached hydrogen (secondary N) is 1. The van der Waals surface area contributed by atoms with Crippen molar-refractivity contribution in [1.82, 2.24) is 5.32 Å². The van der Waals surface area contributed by atoms with Crippen LogP contribution in [0, 0.1) is 0 Å². The second-order valence-electron chi connectivity index (χ2n) is 4.13. The number of rotatable bonds is 3. The van der Waals surface area contributed by atoms with Crippen LogP contribution in [-0.2, 0) is 9.47 Å². The Morgan fingerprint density at radius 1 is 1.43 bits per heavy atom. The van der Waals surface area contributed by atoms with E-state index in [0.29, 0.717) is 6.04 Å². The van der Waals surface area contributed by atoms with Gasteiger partial charge in [-0.25, -0.2) is 0 Å². The van der Waals surface area contributed by atoms with E-state index >= 15 is 0 Å². The minimum atomic E-state index is -0.373. The van der Waals surface area contributed by atoms with E-state index in [1.54, 1.807) is 0 Å². The van der Waals surface area contributed by atoms with Gasteiger partial charge in [-0.2, -0.15) is 11.8 Å². The maximum atomic E-state index is 5.54. The Morgan fingerprint density at radius 3 is 2.86 bits per heavy atom. The molecule has 0 bridgehead atoms. The Labute approximate surface area is 89.9 Å². The van der Waals surface area contributed by atoms with Crippen LogP contribution in [0.2, 0.25) is 0 Å². The van der Waals surface area contributed by atoms with Crippen molar-refractivity contribution >= 4 is 11.8 Å². The third kappa shape index (κ3) is 2.86. The van der Waals surface area contributed by atoms with Gasteiger partial charge in [0.25, 0.3) is 0 Å². The fraction of sp³-hybridized carbons (Fsp3) is 1.00. The zero-order valence-corrected chi connectivity index (χ0v) is 9.57. The van der Waals surface area contributed by atoms with Gasteiger partial charge in [-0.3, -0.25) is 0 Å². The summed E-state index contributed by atoms with van der Waals surface area (Å²) in [6.07, 6.45) is 2.63. The number of hydrogen-bond donors (Lipinski definition) is 1. The standard InChI is InChI=1S/C10H19NO2S/c1-10(12-4-5-13-10)8-11-9-3-2-6-14-7-9/h9,11H,2-8H2,1H3. The van der Waals surface area contributed by atoms with Crippen LogP contribution in [0.5, 0.6) is 0 Å². The van der Waals surface area contributed by atoms with Crippen molar-refractivity contribution in [3.05, 3.63) is 0 Å². The highest BCUT2D eigenvalue weighted by Crippen LogP contribution is 2.20. The summed E-state index contributed by atoms with van der Waals surface area (Å²) in [6, 6.07) is 0.651. The molecule has 2 rings (SSSR count). The Bertz CT molecular complexity index is 177. The van der Waals surface area contributed by atoms with Crippen LogP contribution in [-0.4, -0.2) is 43.1 Å². The summed E-state index contributed by atoms with van der Waals surface area (Å²) in [5.74, 6) is 2.18. The lowest BCUT2D eigenvalue weighted by molar-refractivity contribution is -0.139. The molecule has 1 N–H and O–H groups in total. The molecule has 0 radical (unpaired) electrons. The molecule has 0 aromatic rings. The minimum absolute atomic E-state index is 0.373. The third-order valence-corrected chi connectivity index (χ3v) is 3.99. The summed E-state index contributed by atoms with van der Waals surface area (Å²) in [6.45, 7) is 4.30. The van der Waals surface area contributed by atoms with Gasteiger partial charge in [0, 0.05) is 18.3 Å². The molecule has 1 atom stereocenters. The Balaban J connectivity index is 1.70. The lowest BCUT2D eigenvalue weighted by atomic mass is 10.2. The van der Waals surface area contributed by atoms with Gasteiger partial charge in [-0.15, -0.1) is 0 Å². The summed E-state index contributed by atoms with van der Waals surface area (Å²) >= 11 is 2.04. The maximum Gasteiger partial charge on any atom is 0.178 e. The SMILES string of the molecule is CC1(CNC2CCCSC2)OCCO1. The average molecular weight is 217 g/mol. The van der Waals surface area contributed by atoms with Crippen molar-refractivity contribution in [2.75, 3.05) is 31.3 Å². The fourth-order valence-electron chi connectivity index (χ4n) is 1.89. The monoisotopic (exact) mass is 217 g/mol. The first-order valence-electron chi connectivity index (χ1n) is 5.38. The van der Waals surface area contributed by atoms with E-state index in [2.05, 4.69) is 5.32 Å². The van der Waals surface area contributed by atoms with E-state index in [1.807, 2.05) is 18.7 Å². The van der Waals surface area contributed by atoms with Gasteiger partial charge < -0.3 is 14.8 Å². The Hall–Kier alpha value is 0.230. The first kappa shape index (κ1) is 10.7. The molecule has 1 unspecified atom stereocenters. The molecule has 4 heteroatoms. The van der Waals surface area contributed by atoms with Gasteiger partial charge in [0.2, 0.25) is 0 Å². The van der Waals surface area contributed by atoms with Gasteiger partial charge in [-0.05, 0) is 25.5 Å². The van der Waals surface area contributed by atoms with E-state index in [4.69, 9.17) is 9.47 Å². The summed E-state index contributed by atoms with van der Waals surface area (Å²) < 4.78 is 11.1. The highest BCUT2D eigenvalue weighted by molar-refractivity contribution is 7.99. The van der Waals surface area contributed by atoms with Gasteiger partial charge >= 0.3 is 0 Å². The lowest BCUT2D eigenvalue weighted by Crippen LogP contribution is -2.45. The quantitative estimate of drug-likeness (QED) is 0.770. The Kier molecular flexibility index (Phi) is 3.71. The molecule has 3 nitrogen and oxygen atoms in total. The molecule has 0 aromatic heterocycles. The topological polar surface area (TPSA) is 30.5 Å². The molecule has 2 saturated heterocycles. The van der Waals surface area contributed by atoms with Crippen LogP contribution in [0.4, 0.5) is 0 Å². The highest BCUT2D eigenvalue weighted by atomic mass is 32.2. The lowest BCUT2D eigenvalue weighted by Gasteiger charge is -2.28. The van der Waals surface area contributed by atoms with Crippen molar-refractivity contribution in [3.8, 4) is 0 Å². The van der Waals surface area contributed by atoms with E-state index < -0.39 is 0 Å². The van der Waals surface area contributed by atoms with Gasteiger partial charge in [0.1, 0.15) is 0 Å². The van der Waals surface area contributed by atoms with Crippen molar-refractivity contribution in [2.45, 2.75) is 31.6 Å². The zero-order valence-electron chi connectivity index (χ0n) is 8.75. The summed E-state index contributed by atoms with van der Waals surface area (Å²) in [4.78, 5) is 0. The second-order valence-corrected chi connectivity index (χ2v) is 5.28. The third-order valence-electron chi connectivity index (χ3n) is 2.77. The minimum Gasteiger partial charge on any atom is -0.347 e. The van der Waals surface area contributed by atoms with Crippen molar-refractivity contribution in [1.29, 1.82) is 0 Å². The number of ether oxygens (including phenoxy) is 2. The van der Waals surface area contributed by atoms with E-state index in [9.17, 15) is 0 Å². The van der Waals surface area contributed by atoms with Gasteiger partial charge in [-0.1, -0.05) is 0 Å². The predicted molar refractivity (Wildman–Crippen MR) is 58.7 cm³/mol. The molecule has 2 heterocycles. The first-order valence-corrected chi connectivity index (χ1v) is 6.53. The average Bonchev–Trinajstić information content (AvgIpc) is 2.65. The molecule has 0 aliphatic carbocycles. The number of thioether (sulfide) groups is 1. The van der Waals surface area contributed by atoms with Gasteiger partial charge in [0.15, 0.2) is 5.79 Å². The fourth-order valence-corrected chi connectivity index (χ4v) is 3.00. The summed E-state index contributed by atoms with van der Waals surface area (Å²) in [5.41, 5.74) is 0. The van der Waals surface area contributed by atoms with Crippen LogP contribution in [0.25, 0.3) is 0 Å². The van der Waals surface area contributed by atoms with E-state index in [0.717, 1.165) is 19.8 Å². The maximum absolute atomic E-state index is 5.54. The molecule has 2 aliphatic rings. The van der Waals surface area contributed by atoms with E-state index in [1.165, 1.54) is 24.3 Å². The van der Waals surface area contributed by atoms with Crippen LogP contribution < -0.4 is 5.32 Å². The van der Waals surface area contributed by atoms with Gasteiger partial charge in [0.05, 0.1) is 13.2 Å². The van der Waals surface area contributed by atoms with Crippen molar-refractivity contribution in [3.63, 3.8) is 0 Å². The van der Waals surface area contributed by atoms with Crippen LogP contribution >= 0.6 is 11.8 Å². The van der Waals surface area contributed by atoms with Crippen LogP contribution in [0.3, 0.4) is 0 Å². The molecule has 0 aromatic carbocycles. The van der Waals surface area contributed by atoms with Crippen LogP contribution in [0.1, 0.15) is 19.8 Å². The molecule has 2 aliphatic heterocycles. The molecular weight excluding hydrogens is 198 g/mol. The predicted octanol–water partition coefficient (Wildman–Crippen LogP) is 1.23. The highest BCUT2D eigenvalue weighted by Gasteiger charge is 2.31. The molecule has 0 saturated carbocycles. The van der Waals surface area contributed by atoms with Crippen molar-refractivity contribution in [2.24, 2.45) is 0 Å². The van der Waals surface area contributed by atoms with Crippen LogP contribution in [0.15, 0.2) is 0 Å². The molecule has 0 spiro atoms. The Morgan fingerprint density at radius 2 is 2.21 bits per heavy atom. The van der Waals surface area contributed by atoms with Crippen molar-refractivity contribution < 1.29 is 9.47 Å². The second kappa shape index (κ2) is 4.84. The molecule has 2 fully saturated rings.